The molecule has 1 aromatic heterocycles. The van der Waals surface area contributed by atoms with Gasteiger partial charge in [0.15, 0.2) is 5.82 Å². The van der Waals surface area contributed by atoms with Gasteiger partial charge in [-0.05, 0) is 33.6 Å². The number of ether oxygens (including phenoxy) is 1. The monoisotopic (exact) mass is 322 g/mol. The Labute approximate surface area is 136 Å². The maximum Gasteiger partial charge on any atom is 0.407 e. The van der Waals surface area contributed by atoms with E-state index in [0.717, 1.165) is 25.7 Å². The van der Waals surface area contributed by atoms with Crippen LogP contribution in [0.5, 0.6) is 0 Å². The second-order valence-electron chi connectivity index (χ2n) is 6.98. The predicted molar refractivity (Wildman–Crippen MR) is 86.1 cm³/mol. The van der Waals surface area contributed by atoms with E-state index in [0.29, 0.717) is 5.82 Å². The predicted octanol–water partition coefficient (Wildman–Crippen LogP) is 1.99. The molecule has 1 saturated carbocycles. The Kier molecular flexibility index (Phi) is 5.28. The molecule has 1 fully saturated rings. The molecule has 23 heavy (non-hydrogen) atoms. The molecule has 7 heteroatoms. The summed E-state index contributed by atoms with van der Waals surface area (Å²) in [5, 5.41) is 5.88. The van der Waals surface area contributed by atoms with Crippen LogP contribution in [0.3, 0.4) is 0 Å². The van der Waals surface area contributed by atoms with Gasteiger partial charge >= 0.3 is 6.09 Å². The van der Waals surface area contributed by atoms with Gasteiger partial charge in [0.05, 0.1) is 6.04 Å². The number of hydrogen-bond acceptors (Lipinski definition) is 4. The van der Waals surface area contributed by atoms with Crippen LogP contribution in [-0.2, 0) is 11.8 Å². The van der Waals surface area contributed by atoms with E-state index in [-0.39, 0.29) is 18.0 Å². The van der Waals surface area contributed by atoms with Crippen molar-refractivity contribution >= 4 is 12.0 Å². The SMILES string of the molecule is Cn1ccnc1C(=O)N[C@@H]1CCCC[C@H]1NC(=O)OC(C)(C)C. The van der Waals surface area contributed by atoms with Crippen LogP contribution in [-0.4, -0.2) is 39.2 Å². The number of carbonyl (C=O) groups excluding carboxylic acids is 2. The molecule has 1 heterocycles. The Morgan fingerprint density at radius 2 is 1.83 bits per heavy atom. The molecule has 2 rings (SSSR count). The number of aromatic nitrogens is 2. The van der Waals surface area contributed by atoms with Gasteiger partial charge in [-0.2, -0.15) is 0 Å². The molecule has 1 aliphatic rings. The lowest BCUT2D eigenvalue weighted by Gasteiger charge is -2.33. The first-order chi connectivity index (χ1) is 10.8. The Balaban J connectivity index is 1.97. The molecular weight excluding hydrogens is 296 g/mol. The molecule has 7 nitrogen and oxygen atoms in total. The summed E-state index contributed by atoms with van der Waals surface area (Å²) in [4.78, 5) is 28.3. The van der Waals surface area contributed by atoms with Crippen LogP contribution in [0.1, 0.15) is 57.1 Å². The van der Waals surface area contributed by atoms with Gasteiger partial charge in [0.1, 0.15) is 5.60 Å². The minimum atomic E-state index is -0.537. The lowest BCUT2D eigenvalue weighted by Crippen LogP contribution is -2.54. The molecule has 128 valence electrons. The summed E-state index contributed by atoms with van der Waals surface area (Å²) in [6.07, 6.45) is 6.58. The van der Waals surface area contributed by atoms with Crippen molar-refractivity contribution in [2.75, 3.05) is 0 Å². The number of nitrogens with one attached hydrogen (secondary N) is 2. The van der Waals surface area contributed by atoms with Crippen LogP contribution in [0.15, 0.2) is 12.4 Å². The number of nitrogens with zero attached hydrogens (tertiary/aromatic N) is 2. The molecule has 0 radical (unpaired) electrons. The van der Waals surface area contributed by atoms with E-state index in [1.165, 1.54) is 0 Å². The molecule has 0 aliphatic heterocycles. The maximum absolute atomic E-state index is 12.3. The van der Waals surface area contributed by atoms with Crippen molar-refractivity contribution in [2.45, 2.75) is 64.1 Å². The van der Waals surface area contributed by atoms with Crippen molar-refractivity contribution in [3.63, 3.8) is 0 Å². The average molecular weight is 322 g/mol. The summed E-state index contributed by atoms with van der Waals surface area (Å²) in [6.45, 7) is 5.48. The second-order valence-corrected chi connectivity index (χ2v) is 6.98. The van der Waals surface area contributed by atoms with E-state index in [1.807, 2.05) is 20.8 Å². The van der Waals surface area contributed by atoms with E-state index in [9.17, 15) is 9.59 Å². The summed E-state index contributed by atoms with van der Waals surface area (Å²) >= 11 is 0. The zero-order valence-electron chi connectivity index (χ0n) is 14.3. The molecule has 2 N–H and O–H groups in total. The highest BCUT2D eigenvalue weighted by molar-refractivity contribution is 5.91. The fourth-order valence-electron chi connectivity index (χ4n) is 2.75. The number of amides is 2. The van der Waals surface area contributed by atoms with Crippen molar-refractivity contribution in [3.05, 3.63) is 18.2 Å². The number of rotatable bonds is 3. The third-order valence-electron chi connectivity index (χ3n) is 3.81. The average Bonchev–Trinajstić information content (AvgIpc) is 2.85. The van der Waals surface area contributed by atoms with Gasteiger partial charge in [0.2, 0.25) is 0 Å². The van der Waals surface area contributed by atoms with Crippen LogP contribution in [0.2, 0.25) is 0 Å². The first-order valence-corrected chi connectivity index (χ1v) is 8.04. The highest BCUT2D eigenvalue weighted by Crippen LogP contribution is 2.20. The molecular formula is C16H26N4O3. The van der Waals surface area contributed by atoms with Crippen LogP contribution in [0.4, 0.5) is 4.79 Å². The molecule has 2 amide bonds. The Morgan fingerprint density at radius 1 is 1.22 bits per heavy atom. The highest BCUT2D eigenvalue weighted by atomic mass is 16.6. The summed E-state index contributed by atoms with van der Waals surface area (Å²) in [5.74, 6) is 0.145. The van der Waals surface area contributed by atoms with Gasteiger partial charge in [-0.3, -0.25) is 4.79 Å². The minimum Gasteiger partial charge on any atom is -0.444 e. The van der Waals surface area contributed by atoms with Crippen molar-refractivity contribution in [3.8, 4) is 0 Å². The van der Waals surface area contributed by atoms with Crippen molar-refractivity contribution in [1.29, 1.82) is 0 Å². The minimum absolute atomic E-state index is 0.111. The first-order valence-electron chi connectivity index (χ1n) is 8.04. The fourth-order valence-corrected chi connectivity index (χ4v) is 2.75. The van der Waals surface area contributed by atoms with Crippen LogP contribution < -0.4 is 10.6 Å². The largest absolute Gasteiger partial charge is 0.444 e. The molecule has 2 atom stereocenters. The van der Waals surface area contributed by atoms with Crippen molar-refractivity contribution < 1.29 is 14.3 Å². The topological polar surface area (TPSA) is 85.3 Å². The standard InChI is InChI=1S/C16H26N4O3/c1-16(2,3)23-15(22)19-12-8-6-5-7-11(12)18-14(21)13-17-9-10-20(13)4/h9-12H,5-8H2,1-4H3,(H,18,21)(H,19,22)/t11-,12-/m1/s1. The lowest BCUT2D eigenvalue weighted by molar-refractivity contribution is 0.0474. The maximum atomic E-state index is 12.3. The number of imidazole rings is 1. The van der Waals surface area contributed by atoms with Gasteiger partial charge in [-0.15, -0.1) is 0 Å². The second kappa shape index (κ2) is 7.02. The zero-order chi connectivity index (χ0) is 17.0. The van der Waals surface area contributed by atoms with Crippen molar-refractivity contribution in [1.82, 2.24) is 20.2 Å². The van der Waals surface area contributed by atoms with Gasteiger partial charge in [0, 0.05) is 25.5 Å². The summed E-state index contributed by atoms with van der Waals surface area (Å²) in [7, 11) is 1.78. The fraction of sp³-hybridized carbons (Fsp3) is 0.688. The molecule has 1 aromatic rings. The number of alkyl carbamates (subject to hydrolysis) is 1. The summed E-state index contributed by atoms with van der Waals surface area (Å²) in [6, 6.07) is -0.233. The number of carbonyl (C=O) groups is 2. The molecule has 0 aromatic carbocycles. The van der Waals surface area contributed by atoms with Crippen LogP contribution in [0, 0.1) is 0 Å². The van der Waals surface area contributed by atoms with Gasteiger partial charge in [0.25, 0.3) is 5.91 Å². The van der Waals surface area contributed by atoms with E-state index in [4.69, 9.17) is 4.74 Å². The quantitative estimate of drug-likeness (QED) is 0.891. The van der Waals surface area contributed by atoms with E-state index < -0.39 is 11.7 Å². The van der Waals surface area contributed by atoms with E-state index in [2.05, 4.69) is 15.6 Å². The van der Waals surface area contributed by atoms with E-state index >= 15 is 0 Å². The molecule has 0 saturated heterocycles. The third kappa shape index (κ3) is 4.97. The van der Waals surface area contributed by atoms with Crippen LogP contribution >= 0.6 is 0 Å². The normalized spacial score (nSPS) is 21.6. The first kappa shape index (κ1) is 17.3. The van der Waals surface area contributed by atoms with E-state index in [1.54, 1.807) is 24.0 Å². The smallest absolute Gasteiger partial charge is 0.407 e. The number of aryl methyl sites for hydroxylation is 1. The van der Waals surface area contributed by atoms with Crippen LogP contribution in [0.25, 0.3) is 0 Å². The molecule has 1 aliphatic carbocycles. The van der Waals surface area contributed by atoms with Crippen molar-refractivity contribution in [2.24, 2.45) is 7.05 Å². The molecule has 0 bridgehead atoms. The highest BCUT2D eigenvalue weighted by Gasteiger charge is 2.30. The summed E-state index contributed by atoms with van der Waals surface area (Å²) in [5.41, 5.74) is -0.537. The zero-order valence-corrected chi connectivity index (χ0v) is 14.3. The lowest BCUT2D eigenvalue weighted by atomic mass is 9.90. The molecule has 0 spiro atoms. The van der Waals surface area contributed by atoms with Gasteiger partial charge in [-0.25, -0.2) is 9.78 Å². The summed E-state index contributed by atoms with van der Waals surface area (Å²) < 4.78 is 6.98. The van der Waals surface area contributed by atoms with Gasteiger partial charge in [-0.1, -0.05) is 12.8 Å². The number of hydrogen-bond donors (Lipinski definition) is 2. The molecule has 0 unspecified atom stereocenters. The Morgan fingerprint density at radius 3 is 2.35 bits per heavy atom. The third-order valence-corrected chi connectivity index (χ3v) is 3.81. The Hall–Kier alpha value is -2.05. The van der Waals surface area contributed by atoms with Gasteiger partial charge < -0.3 is 19.9 Å². The Bertz CT molecular complexity index is 562.